The molecule has 9 nitrogen and oxygen atoms in total. The Morgan fingerprint density at radius 1 is 1.14 bits per heavy atom. The molecule has 1 aliphatic rings. The van der Waals surface area contributed by atoms with Crippen molar-refractivity contribution in [1.29, 1.82) is 0 Å². The van der Waals surface area contributed by atoms with Crippen LogP contribution in [0.15, 0.2) is 54.9 Å². The molecule has 1 saturated carbocycles. The van der Waals surface area contributed by atoms with Crippen molar-refractivity contribution in [2.75, 3.05) is 25.2 Å². The van der Waals surface area contributed by atoms with Crippen LogP contribution >= 0.6 is 0 Å². The first-order valence-electron chi connectivity index (χ1n) is 14.0. The Morgan fingerprint density at radius 3 is 2.58 bits per heavy atom. The molecule has 226 valence electrons. The lowest BCUT2D eigenvalue weighted by Crippen LogP contribution is -2.39. The van der Waals surface area contributed by atoms with Crippen LogP contribution in [0, 0.1) is 18.6 Å². The number of halogens is 2. The van der Waals surface area contributed by atoms with E-state index in [0.29, 0.717) is 22.6 Å². The highest BCUT2D eigenvalue weighted by molar-refractivity contribution is 5.97. The number of amides is 2. The number of fused-ring (bicyclic) bond motifs is 1. The van der Waals surface area contributed by atoms with E-state index >= 15 is 0 Å². The standard InChI is InChI=1S/C32H34F2N4O5/c1-19-15-20(9-12-23(19)30(39)36-21-10-11-21)26-17-35-29-25(37(13-14-41-5)31(40)43-32(2,3)4)16-22(18-38(26)29)42-27-8-6-7-24(33)28(27)34/h6-9,12,15-18,21H,10-11,13-14H2,1-5H3,(H,36,39). The van der Waals surface area contributed by atoms with E-state index in [4.69, 9.17) is 14.2 Å². The number of pyridine rings is 1. The van der Waals surface area contributed by atoms with Gasteiger partial charge in [0.1, 0.15) is 11.4 Å². The number of nitrogens with one attached hydrogen (secondary N) is 1. The third kappa shape index (κ3) is 6.77. The van der Waals surface area contributed by atoms with Crippen LogP contribution < -0.4 is 15.0 Å². The Hall–Kier alpha value is -4.51. The van der Waals surface area contributed by atoms with Crippen LogP contribution in [0.3, 0.4) is 0 Å². The summed E-state index contributed by atoms with van der Waals surface area (Å²) < 4.78 is 47.1. The maximum atomic E-state index is 14.6. The number of imidazole rings is 1. The molecular weight excluding hydrogens is 558 g/mol. The molecule has 4 aromatic rings. The van der Waals surface area contributed by atoms with E-state index < -0.39 is 23.3 Å². The van der Waals surface area contributed by atoms with Gasteiger partial charge in [0.25, 0.3) is 5.91 Å². The number of carbonyl (C=O) groups excluding carboxylic acids is 2. The molecule has 2 aromatic heterocycles. The first-order valence-corrected chi connectivity index (χ1v) is 14.0. The van der Waals surface area contributed by atoms with E-state index in [2.05, 4.69) is 10.3 Å². The van der Waals surface area contributed by atoms with Crippen molar-refractivity contribution in [1.82, 2.24) is 14.7 Å². The molecule has 1 aliphatic carbocycles. The van der Waals surface area contributed by atoms with Crippen molar-refractivity contribution in [2.45, 2.75) is 52.2 Å². The lowest BCUT2D eigenvalue weighted by atomic mass is 10.0. The average Bonchev–Trinajstić information content (AvgIpc) is 3.65. The minimum Gasteiger partial charge on any atom is -0.453 e. The van der Waals surface area contributed by atoms with Gasteiger partial charge in [0, 0.05) is 30.3 Å². The van der Waals surface area contributed by atoms with Gasteiger partial charge in [0.15, 0.2) is 17.2 Å². The second kappa shape index (κ2) is 12.0. The fraction of sp³-hybridized carbons (Fsp3) is 0.344. The number of carbonyl (C=O) groups is 2. The summed E-state index contributed by atoms with van der Waals surface area (Å²) in [5.41, 5.74) is 2.62. The van der Waals surface area contributed by atoms with Crippen LogP contribution in [0.5, 0.6) is 11.5 Å². The van der Waals surface area contributed by atoms with Crippen molar-refractivity contribution < 1.29 is 32.6 Å². The van der Waals surface area contributed by atoms with Gasteiger partial charge in [-0.3, -0.25) is 14.1 Å². The fourth-order valence-corrected chi connectivity index (χ4v) is 4.58. The normalized spacial score (nSPS) is 13.2. The monoisotopic (exact) mass is 592 g/mol. The largest absolute Gasteiger partial charge is 0.453 e. The first kappa shape index (κ1) is 30.0. The van der Waals surface area contributed by atoms with E-state index in [9.17, 15) is 18.4 Å². The number of nitrogens with zero attached hydrogens (tertiary/aromatic N) is 3. The quantitative estimate of drug-likeness (QED) is 0.234. The van der Waals surface area contributed by atoms with Gasteiger partial charge in [0.05, 0.1) is 36.9 Å². The van der Waals surface area contributed by atoms with Crippen molar-refractivity contribution >= 4 is 23.3 Å². The topological polar surface area (TPSA) is 94.4 Å². The smallest absolute Gasteiger partial charge is 0.415 e. The first-order chi connectivity index (χ1) is 20.4. The number of ether oxygens (including phenoxy) is 3. The number of anilines is 1. The fourth-order valence-electron chi connectivity index (χ4n) is 4.58. The third-order valence-corrected chi connectivity index (χ3v) is 6.81. The molecule has 5 rings (SSSR count). The summed E-state index contributed by atoms with van der Waals surface area (Å²) in [6, 6.07) is 10.8. The molecule has 0 aliphatic heterocycles. The molecule has 1 fully saturated rings. The zero-order chi connectivity index (χ0) is 30.9. The minimum atomic E-state index is -1.14. The lowest BCUT2D eigenvalue weighted by Gasteiger charge is -2.28. The van der Waals surface area contributed by atoms with E-state index in [1.54, 1.807) is 43.6 Å². The highest BCUT2D eigenvalue weighted by atomic mass is 19.2. The Morgan fingerprint density at radius 2 is 1.91 bits per heavy atom. The predicted octanol–water partition coefficient (Wildman–Crippen LogP) is 6.66. The molecule has 0 bridgehead atoms. The van der Waals surface area contributed by atoms with Crippen LogP contribution in [-0.2, 0) is 9.47 Å². The van der Waals surface area contributed by atoms with Gasteiger partial charge in [-0.2, -0.15) is 4.39 Å². The molecule has 0 radical (unpaired) electrons. The van der Waals surface area contributed by atoms with E-state index in [1.807, 2.05) is 19.1 Å². The minimum absolute atomic E-state index is 0.116. The average molecular weight is 593 g/mol. The van der Waals surface area contributed by atoms with E-state index in [0.717, 1.165) is 30.0 Å². The molecule has 43 heavy (non-hydrogen) atoms. The highest BCUT2D eigenvalue weighted by Gasteiger charge is 2.28. The molecule has 0 atom stereocenters. The summed E-state index contributed by atoms with van der Waals surface area (Å²) in [4.78, 5) is 32.1. The van der Waals surface area contributed by atoms with Crippen LogP contribution in [0.25, 0.3) is 16.9 Å². The molecule has 0 spiro atoms. The number of rotatable bonds is 9. The Labute approximate surface area is 248 Å². The predicted molar refractivity (Wildman–Crippen MR) is 158 cm³/mol. The molecular formula is C32H34F2N4O5. The SMILES string of the molecule is COCCN(C(=O)OC(C)(C)C)c1cc(Oc2cccc(F)c2F)cn2c(-c3ccc(C(=O)NC4CC4)c(C)c3)cnc12. The number of hydrogen-bond donors (Lipinski definition) is 1. The maximum Gasteiger partial charge on any atom is 0.415 e. The number of hydrogen-bond acceptors (Lipinski definition) is 6. The second-order valence-electron chi connectivity index (χ2n) is 11.5. The Bertz CT molecular complexity index is 1680. The molecule has 2 amide bonds. The lowest BCUT2D eigenvalue weighted by molar-refractivity contribution is 0.0569. The summed E-state index contributed by atoms with van der Waals surface area (Å²) in [5.74, 6) is -2.53. The summed E-state index contributed by atoms with van der Waals surface area (Å²) in [7, 11) is 1.51. The molecule has 2 aromatic carbocycles. The molecule has 0 saturated heterocycles. The van der Waals surface area contributed by atoms with Gasteiger partial charge in [-0.05, 0) is 70.4 Å². The van der Waals surface area contributed by atoms with Crippen molar-refractivity contribution in [3.05, 3.63) is 77.6 Å². The summed E-state index contributed by atoms with van der Waals surface area (Å²) >= 11 is 0. The summed E-state index contributed by atoms with van der Waals surface area (Å²) in [6.45, 7) is 7.43. The van der Waals surface area contributed by atoms with Crippen molar-refractivity contribution in [2.24, 2.45) is 0 Å². The van der Waals surface area contributed by atoms with Crippen LogP contribution in [0.4, 0.5) is 19.3 Å². The summed E-state index contributed by atoms with van der Waals surface area (Å²) in [6.07, 6.45) is 4.54. The highest BCUT2D eigenvalue weighted by Crippen LogP contribution is 2.35. The number of aromatic nitrogens is 2. The number of methoxy groups -OCH3 is 1. The van der Waals surface area contributed by atoms with Gasteiger partial charge in [-0.15, -0.1) is 0 Å². The van der Waals surface area contributed by atoms with Crippen molar-refractivity contribution in [3.8, 4) is 22.8 Å². The second-order valence-corrected chi connectivity index (χ2v) is 11.5. The van der Waals surface area contributed by atoms with Crippen LogP contribution in [0.2, 0.25) is 0 Å². The zero-order valence-electron chi connectivity index (χ0n) is 24.7. The van der Waals surface area contributed by atoms with Gasteiger partial charge in [-0.1, -0.05) is 12.1 Å². The van der Waals surface area contributed by atoms with Crippen LogP contribution in [0.1, 0.15) is 49.5 Å². The number of benzene rings is 2. The van der Waals surface area contributed by atoms with Gasteiger partial charge in [0.2, 0.25) is 5.82 Å². The van der Waals surface area contributed by atoms with Gasteiger partial charge >= 0.3 is 6.09 Å². The van der Waals surface area contributed by atoms with E-state index in [1.165, 1.54) is 30.2 Å². The summed E-state index contributed by atoms with van der Waals surface area (Å²) in [5, 5.41) is 3.01. The number of aryl methyl sites for hydroxylation is 1. The molecule has 11 heteroatoms. The molecule has 2 heterocycles. The Balaban J connectivity index is 1.63. The van der Waals surface area contributed by atoms with E-state index in [-0.39, 0.29) is 36.6 Å². The maximum absolute atomic E-state index is 14.6. The van der Waals surface area contributed by atoms with Gasteiger partial charge < -0.3 is 19.5 Å². The molecule has 1 N–H and O–H groups in total. The third-order valence-electron chi connectivity index (χ3n) is 6.81. The van der Waals surface area contributed by atoms with Crippen LogP contribution in [-0.4, -0.2) is 53.3 Å². The van der Waals surface area contributed by atoms with Gasteiger partial charge in [-0.25, -0.2) is 14.2 Å². The zero-order valence-corrected chi connectivity index (χ0v) is 24.7. The molecule has 0 unspecified atom stereocenters. The Kier molecular flexibility index (Phi) is 8.36. The van der Waals surface area contributed by atoms with Crippen molar-refractivity contribution in [3.63, 3.8) is 0 Å².